The summed E-state index contributed by atoms with van der Waals surface area (Å²) in [4.78, 5) is 12.0. The number of carbonyl (C=O) groups is 1. The van der Waals surface area contributed by atoms with Crippen LogP contribution in [0.25, 0.3) is 0 Å². The van der Waals surface area contributed by atoms with Crippen molar-refractivity contribution < 1.29 is 4.79 Å². The average Bonchev–Trinajstić information content (AvgIpc) is 2.82. The van der Waals surface area contributed by atoms with Gasteiger partial charge in [-0.1, -0.05) is 26.2 Å². The van der Waals surface area contributed by atoms with Crippen LogP contribution in [-0.2, 0) is 4.79 Å². The van der Waals surface area contributed by atoms with Gasteiger partial charge in [0, 0.05) is 12.5 Å². The Hall–Kier alpha value is -0.280. The molecule has 4 heteroatoms. The molecule has 1 aliphatic heterocycles. The summed E-state index contributed by atoms with van der Waals surface area (Å²) < 4.78 is 0. The first kappa shape index (κ1) is 15.8. The average molecular weight is 275 g/mol. The van der Waals surface area contributed by atoms with Crippen molar-refractivity contribution in [2.24, 2.45) is 11.8 Å². The monoisotopic (exact) mass is 274 g/mol. The zero-order valence-corrected chi connectivity index (χ0v) is 12.2. The number of halogens is 1. The van der Waals surface area contributed by atoms with Gasteiger partial charge in [-0.25, -0.2) is 0 Å². The molecule has 2 aliphatic rings. The predicted octanol–water partition coefficient (Wildman–Crippen LogP) is 2.49. The van der Waals surface area contributed by atoms with Crippen molar-refractivity contribution in [1.29, 1.82) is 0 Å². The standard InChI is InChI=1S/C14H26N2O.ClH/c1-2-12-5-3-4-6-13(12)16-14(17)9-11-7-8-15-10-11;/h11-13,15H,2-10H2,1H3,(H,16,17);1H. The van der Waals surface area contributed by atoms with Crippen molar-refractivity contribution in [1.82, 2.24) is 10.6 Å². The second-order valence-corrected chi connectivity index (χ2v) is 5.69. The first-order chi connectivity index (χ1) is 8.29. The normalized spacial score (nSPS) is 31.7. The van der Waals surface area contributed by atoms with Crippen molar-refractivity contribution in [2.75, 3.05) is 13.1 Å². The van der Waals surface area contributed by atoms with E-state index in [1.54, 1.807) is 0 Å². The van der Waals surface area contributed by atoms with Crippen molar-refractivity contribution >= 4 is 18.3 Å². The molecule has 2 rings (SSSR count). The molecular weight excluding hydrogens is 248 g/mol. The van der Waals surface area contributed by atoms with Crippen molar-refractivity contribution in [3.05, 3.63) is 0 Å². The van der Waals surface area contributed by atoms with Crippen LogP contribution in [0.15, 0.2) is 0 Å². The Morgan fingerprint density at radius 1 is 1.28 bits per heavy atom. The molecular formula is C14H27ClN2O. The zero-order valence-electron chi connectivity index (χ0n) is 11.4. The fourth-order valence-corrected chi connectivity index (χ4v) is 3.30. The first-order valence-corrected chi connectivity index (χ1v) is 7.29. The highest BCUT2D eigenvalue weighted by atomic mass is 35.5. The fourth-order valence-electron chi connectivity index (χ4n) is 3.30. The molecule has 1 saturated heterocycles. The van der Waals surface area contributed by atoms with Gasteiger partial charge in [-0.05, 0) is 44.2 Å². The highest BCUT2D eigenvalue weighted by Crippen LogP contribution is 2.27. The number of amides is 1. The van der Waals surface area contributed by atoms with E-state index in [0.29, 0.717) is 12.0 Å². The highest BCUT2D eigenvalue weighted by molar-refractivity contribution is 5.85. The summed E-state index contributed by atoms with van der Waals surface area (Å²) in [6.07, 6.45) is 8.20. The van der Waals surface area contributed by atoms with Crippen LogP contribution in [0.3, 0.4) is 0 Å². The SMILES string of the molecule is CCC1CCCCC1NC(=O)CC1CCNC1.Cl. The molecule has 2 fully saturated rings. The molecule has 1 saturated carbocycles. The molecule has 0 aromatic heterocycles. The van der Waals surface area contributed by atoms with Gasteiger partial charge < -0.3 is 10.6 Å². The minimum Gasteiger partial charge on any atom is -0.353 e. The van der Waals surface area contributed by atoms with Gasteiger partial charge in [-0.3, -0.25) is 4.79 Å². The topological polar surface area (TPSA) is 41.1 Å². The molecule has 0 aromatic carbocycles. The van der Waals surface area contributed by atoms with E-state index >= 15 is 0 Å². The lowest BCUT2D eigenvalue weighted by molar-refractivity contribution is -0.123. The van der Waals surface area contributed by atoms with Gasteiger partial charge in [-0.15, -0.1) is 12.4 Å². The van der Waals surface area contributed by atoms with Gasteiger partial charge in [0.2, 0.25) is 5.91 Å². The third-order valence-corrected chi connectivity index (χ3v) is 4.42. The molecule has 0 spiro atoms. The molecule has 3 unspecified atom stereocenters. The summed E-state index contributed by atoms with van der Waals surface area (Å²) in [5.74, 6) is 1.57. The van der Waals surface area contributed by atoms with Gasteiger partial charge in [0.15, 0.2) is 0 Å². The molecule has 1 amide bonds. The van der Waals surface area contributed by atoms with E-state index in [9.17, 15) is 4.79 Å². The van der Waals surface area contributed by atoms with Gasteiger partial charge in [-0.2, -0.15) is 0 Å². The molecule has 3 atom stereocenters. The highest BCUT2D eigenvalue weighted by Gasteiger charge is 2.26. The first-order valence-electron chi connectivity index (χ1n) is 7.29. The van der Waals surface area contributed by atoms with Crippen molar-refractivity contribution in [2.45, 2.75) is 57.9 Å². The second-order valence-electron chi connectivity index (χ2n) is 5.69. The summed E-state index contributed by atoms with van der Waals surface area (Å²) in [5.41, 5.74) is 0. The second kappa shape index (κ2) is 8.00. The van der Waals surface area contributed by atoms with E-state index in [4.69, 9.17) is 0 Å². The number of hydrogen-bond acceptors (Lipinski definition) is 2. The molecule has 2 N–H and O–H groups in total. The minimum absolute atomic E-state index is 0. The van der Waals surface area contributed by atoms with E-state index in [-0.39, 0.29) is 18.3 Å². The molecule has 3 nitrogen and oxygen atoms in total. The molecule has 1 heterocycles. The third kappa shape index (κ3) is 4.43. The van der Waals surface area contributed by atoms with Crippen LogP contribution >= 0.6 is 12.4 Å². The van der Waals surface area contributed by atoms with Gasteiger partial charge in [0.25, 0.3) is 0 Å². The molecule has 1 aliphatic carbocycles. The number of carbonyl (C=O) groups excluding carboxylic acids is 1. The zero-order chi connectivity index (χ0) is 12.1. The molecule has 0 bridgehead atoms. The van der Waals surface area contributed by atoms with E-state index < -0.39 is 0 Å². The van der Waals surface area contributed by atoms with Crippen molar-refractivity contribution in [3.8, 4) is 0 Å². The van der Waals surface area contributed by atoms with Crippen LogP contribution in [0.4, 0.5) is 0 Å². The summed E-state index contributed by atoms with van der Waals surface area (Å²) in [7, 11) is 0. The Morgan fingerprint density at radius 3 is 2.72 bits per heavy atom. The predicted molar refractivity (Wildman–Crippen MR) is 77.0 cm³/mol. The smallest absolute Gasteiger partial charge is 0.220 e. The van der Waals surface area contributed by atoms with Crippen LogP contribution in [0.1, 0.15) is 51.9 Å². The van der Waals surface area contributed by atoms with Gasteiger partial charge in [0.1, 0.15) is 0 Å². The summed E-state index contributed by atoms with van der Waals surface area (Å²) >= 11 is 0. The maximum absolute atomic E-state index is 12.0. The lowest BCUT2D eigenvalue weighted by Gasteiger charge is -2.31. The van der Waals surface area contributed by atoms with Crippen LogP contribution in [-0.4, -0.2) is 25.0 Å². The van der Waals surface area contributed by atoms with Crippen LogP contribution < -0.4 is 10.6 Å². The molecule has 18 heavy (non-hydrogen) atoms. The van der Waals surface area contributed by atoms with Crippen LogP contribution in [0, 0.1) is 11.8 Å². The Morgan fingerprint density at radius 2 is 2.06 bits per heavy atom. The fraction of sp³-hybridized carbons (Fsp3) is 0.929. The third-order valence-electron chi connectivity index (χ3n) is 4.42. The van der Waals surface area contributed by atoms with Gasteiger partial charge in [0.05, 0.1) is 0 Å². The summed E-state index contributed by atoms with van der Waals surface area (Å²) in [6, 6.07) is 0.454. The molecule has 0 aromatic rings. The Kier molecular flexibility index (Phi) is 7.02. The van der Waals surface area contributed by atoms with E-state index in [0.717, 1.165) is 31.8 Å². The van der Waals surface area contributed by atoms with Crippen molar-refractivity contribution in [3.63, 3.8) is 0 Å². The maximum atomic E-state index is 12.0. The lowest BCUT2D eigenvalue weighted by Crippen LogP contribution is -2.42. The van der Waals surface area contributed by atoms with E-state index in [1.165, 1.54) is 32.1 Å². The number of nitrogens with one attached hydrogen (secondary N) is 2. The minimum atomic E-state index is 0. The largest absolute Gasteiger partial charge is 0.353 e. The molecule has 0 radical (unpaired) electrons. The summed E-state index contributed by atoms with van der Waals surface area (Å²) in [5, 5.41) is 6.60. The van der Waals surface area contributed by atoms with Crippen LogP contribution in [0.2, 0.25) is 0 Å². The number of hydrogen-bond donors (Lipinski definition) is 2. The van der Waals surface area contributed by atoms with Crippen LogP contribution in [0.5, 0.6) is 0 Å². The maximum Gasteiger partial charge on any atom is 0.220 e. The Balaban J connectivity index is 0.00000162. The summed E-state index contributed by atoms with van der Waals surface area (Å²) in [6.45, 7) is 4.35. The Bertz CT molecular complexity index is 254. The van der Waals surface area contributed by atoms with E-state index in [2.05, 4.69) is 17.6 Å². The quantitative estimate of drug-likeness (QED) is 0.827. The van der Waals surface area contributed by atoms with Gasteiger partial charge >= 0.3 is 0 Å². The number of rotatable bonds is 4. The van der Waals surface area contributed by atoms with E-state index in [1.807, 2.05) is 0 Å². The Labute approximate surface area is 117 Å². The molecule has 106 valence electrons. The lowest BCUT2D eigenvalue weighted by atomic mass is 9.82.